The maximum Gasteiger partial charge on any atom is 0.305 e. The molecule has 0 heterocycles. The van der Waals surface area contributed by atoms with Crippen molar-refractivity contribution in [3.8, 4) is 0 Å². The highest BCUT2D eigenvalue weighted by atomic mass is 16.4. The zero-order chi connectivity index (χ0) is 11.8. The van der Waals surface area contributed by atoms with E-state index in [2.05, 4.69) is 0 Å². The number of rotatable bonds is 7. The summed E-state index contributed by atoms with van der Waals surface area (Å²) in [6.45, 7) is 6.93. The topological polar surface area (TPSA) is 57.6 Å². The minimum Gasteiger partial charge on any atom is -0.481 e. The van der Waals surface area contributed by atoms with Crippen molar-refractivity contribution in [2.75, 3.05) is 13.1 Å². The van der Waals surface area contributed by atoms with Gasteiger partial charge in [-0.25, -0.2) is 0 Å². The van der Waals surface area contributed by atoms with Crippen molar-refractivity contribution in [3.05, 3.63) is 0 Å². The van der Waals surface area contributed by atoms with Crippen LogP contribution in [0.3, 0.4) is 0 Å². The van der Waals surface area contributed by atoms with Crippen molar-refractivity contribution >= 4 is 11.9 Å². The number of carboxylic acids is 1. The van der Waals surface area contributed by atoms with Crippen LogP contribution in [0.1, 0.15) is 40.0 Å². The zero-order valence-corrected chi connectivity index (χ0v) is 9.82. The van der Waals surface area contributed by atoms with Gasteiger partial charge in [0.25, 0.3) is 0 Å². The number of carbonyl (C=O) groups excluding carboxylic acids is 1. The van der Waals surface area contributed by atoms with Crippen LogP contribution < -0.4 is 0 Å². The summed E-state index contributed by atoms with van der Waals surface area (Å²) in [5, 5.41) is 8.56. The summed E-state index contributed by atoms with van der Waals surface area (Å²) in [5.74, 6) is -0.469. The zero-order valence-electron chi connectivity index (χ0n) is 9.82. The third-order valence-electron chi connectivity index (χ3n) is 2.02. The van der Waals surface area contributed by atoms with Crippen LogP contribution in [-0.4, -0.2) is 35.0 Å². The van der Waals surface area contributed by atoms with Crippen LogP contribution in [0.5, 0.6) is 0 Å². The molecule has 1 amide bonds. The number of hydrogen-bond donors (Lipinski definition) is 1. The van der Waals surface area contributed by atoms with Crippen molar-refractivity contribution in [1.82, 2.24) is 4.90 Å². The standard InChI is InChI=1S/C11H21NO3/c1-4-6-12(7-5-11(14)15)10(13)8-9(2)3/h9H,4-8H2,1-3H3,(H,14,15). The van der Waals surface area contributed by atoms with Crippen molar-refractivity contribution in [1.29, 1.82) is 0 Å². The third kappa shape index (κ3) is 6.94. The lowest BCUT2D eigenvalue weighted by atomic mass is 10.1. The first-order valence-corrected chi connectivity index (χ1v) is 5.47. The molecule has 0 aromatic carbocycles. The van der Waals surface area contributed by atoms with E-state index < -0.39 is 5.97 Å². The Bertz CT molecular complexity index is 214. The van der Waals surface area contributed by atoms with Crippen LogP contribution in [0, 0.1) is 5.92 Å². The summed E-state index contributed by atoms with van der Waals surface area (Å²) < 4.78 is 0. The van der Waals surface area contributed by atoms with E-state index >= 15 is 0 Å². The SMILES string of the molecule is CCCN(CCC(=O)O)C(=O)CC(C)C. The van der Waals surface area contributed by atoms with Crippen LogP contribution in [0.25, 0.3) is 0 Å². The van der Waals surface area contributed by atoms with Crippen molar-refractivity contribution in [3.63, 3.8) is 0 Å². The van der Waals surface area contributed by atoms with Gasteiger partial charge >= 0.3 is 5.97 Å². The highest BCUT2D eigenvalue weighted by Crippen LogP contribution is 2.05. The Morgan fingerprint density at radius 1 is 1.27 bits per heavy atom. The van der Waals surface area contributed by atoms with Crippen molar-refractivity contribution in [2.24, 2.45) is 5.92 Å². The molecule has 0 aliphatic heterocycles. The molecule has 0 fully saturated rings. The number of carboxylic acid groups (broad SMARTS) is 1. The molecule has 0 bridgehead atoms. The lowest BCUT2D eigenvalue weighted by Crippen LogP contribution is -2.34. The minimum absolute atomic E-state index is 0.0316. The Hall–Kier alpha value is -1.06. The lowest BCUT2D eigenvalue weighted by molar-refractivity contribution is -0.138. The molecule has 0 aliphatic carbocycles. The average molecular weight is 215 g/mol. The van der Waals surface area contributed by atoms with Gasteiger partial charge in [-0.2, -0.15) is 0 Å². The number of aliphatic carboxylic acids is 1. The second kappa shape index (κ2) is 7.26. The van der Waals surface area contributed by atoms with E-state index in [1.165, 1.54) is 0 Å². The Balaban J connectivity index is 4.11. The third-order valence-corrected chi connectivity index (χ3v) is 2.02. The summed E-state index contributed by atoms with van der Waals surface area (Å²) in [6, 6.07) is 0. The normalized spacial score (nSPS) is 10.4. The summed E-state index contributed by atoms with van der Waals surface area (Å²) >= 11 is 0. The van der Waals surface area contributed by atoms with Gasteiger partial charge in [0.05, 0.1) is 6.42 Å². The number of carbonyl (C=O) groups is 2. The van der Waals surface area contributed by atoms with Gasteiger partial charge < -0.3 is 10.0 Å². The maximum atomic E-state index is 11.7. The van der Waals surface area contributed by atoms with E-state index in [1.807, 2.05) is 20.8 Å². The van der Waals surface area contributed by atoms with Gasteiger partial charge in [-0.1, -0.05) is 20.8 Å². The molecule has 1 N–H and O–H groups in total. The van der Waals surface area contributed by atoms with Gasteiger partial charge in [-0.05, 0) is 12.3 Å². The van der Waals surface area contributed by atoms with E-state index in [1.54, 1.807) is 4.90 Å². The van der Waals surface area contributed by atoms with Crippen LogP contribution in [0.2, 0.25) is 0 Å². The monoisotopic (exact) mass is 215 g/mol. The second-order valence-electron chi connectivity index (χ2n) is 4.12. The highest BCUT2D eigenvalue weighted by Gasteiger charge is 2.14. The van der Waals surface area contributed by atoms with Crippen LogP contribution in [0.15, 0.2) is 0 Å². The highest BCUT2D eigenvalue weighted by molar-refractivity contribution is 5.77. The van der Waals surface area contributed by atoms with E-state index in [0.29, 0.717) is 25.4 Å². The number of nitrogens with zero attached hydrogens (tertiary/aromatic N) is 1. The Labute approximate surface area is 91.3 Å². The van der Waals surface area contributed by atoms with E-state index in [0.717, 1.165) is 6.42 Å². The summed E-state index contributed by atoms with van der Waals surface area (Å²) in [7, 11) is 0. The molecule has 0 radical (unpaired) electrons. The first-order chi connectivity index (χ1) is 6.97. The molecule has 0 atom stereocenters. The largest absolute Gasteiger partial charge is 0.481 e. The van der Waals surface area contributed by atoms with Crippen LogP contribution >= 0.6 is 0 Å². The molecule has 0 saturated heterocycles. The number of hydrogen-bond acceptors (Lipinski definition) is 2. The minimum atomic E-state index is -0.853. The van der Waals surface area contributed by atoms with Gasteiger partial charge in [-0.15, -0.1) is 0 Å². The molecule has 0 aromatic heterocycles. The average Bonchev–Trinajstić information content (AvgIpc) is 2.10. The molecular weight excluding hydrogens is 194 g/mol. The molecule has 88 valence electrons. The Morgan fingerprint density at radius 3 is 2.27 bits per heavy atom. The second-order valence-corrected chi connectivity index (χ2v) is 4.12. The van der Waals surface area contributed by atoms with Gasteiger partial charge in [0.15, 0.2) is 0 Å². The molecule has 0 saturated carbocycles. The van der Waals surface area contributed by atoms with Crippen molar-refractivity contribution < 1.29 is 14.7 Å². The molecule has 15 heavy (non-hydrogen) atoms. The van der Waals surface area contributed by atoms with Gasteiger partial charge in [0.1, 0.15) is 0 Å². The molecular formula is C11H21NO3. The van der Waals surface area contributed by atoms with Gasteiger partial charge in [0, 0.05) is 19.5 Å². The molecule has 0 aromatic rings. The van der Waals surface area contributed by atoms with Gasteiger partial charge in [-0.3, -0.25) is 9.59 Å². The molecule has 0 spiro atoms. The molecule has 0 unspecified atom stereocenters. The fourth-order valence-corrected chi connectivity index (χ4v) is 1.34. The number of amides is 1. The summed E-state index contributed by atoms with van der Waals surface area (Å²) in [5.41, 5.74) is 0. The maximum absolute atomic E-state index is 11.7. The lowest BCUT2D eigenvalue weighted by Gasteiger charge is -2.22. The first kappa shape index (κ1) is 13.9. The van der Waals surface area contributed by atoms with E-state index in [4.69, 9.17) is 5.11 Å². The molecule has 4 nitrogen and oxygen atoms in total. The smallest absolute Gasteiger partial charge is 0.305 e. The first-order valence-electron chi connectivity index (χ1n) is 5.47. The fraction of sp³-hybridized carbons (Fsp3) is 0.818. The van der Waals surface area contributed by atoms with Crippen LogP contribution in [0.4, 0.5) is 0 Å². The van der Waals surface area contributed by atoms with Gasteiger partial charge in [0.2, 0.25) is 5.91 Å². The molecule has 4 heteroatoms. The van der Waals surface area contributed by atoms with Crippen LogP contribution in [-0.2, 0) is 9.59 Å². The Morgan fingerprint density at radius 2 is 1.87 bits per heavy atom. The summed E-state index contributed by atoms with van der Waals surface area (Å²) in [6.07, 6.45) is 1.40. The fourth-order valence-electron chi connectivity index (χ4n) is 1.34. The quantitative estimate of drug-likeness (QED) is 0.703. The predicted molar refractivity (Wildman–Crippen MR) is 58.6 cm³/mol. The summed E-state index contributed by atoms with van der Waals surface area (Å²) in [4.78, 5) is 23.8. The van der Waals surface area contributed by atoms with E-state index in [9.17, 15) is 9.59 Å². The molecule has 0 rings (SSSR count). The Kier molecular flexibility index (Phi) is 6.75. The molecule has 0 aliphatic rings. The van der Waals surface area contributed by atoms with E-state index in [-0.39, 0.29) is 12.3 Å². The van der Waals surface area contributed by atoms with Crippen molar-refractivity contribution in [2.45, 2.75) is 40.0 Å². The predicted octanol–water partition coefficient (Wildman–Crippen LogP) is 1.75.